The summed E-state index contributed by atoms with van der Waals surface area (Å²) in [5, 5.41) is 0. The summed E-state index contributed by atoms with van der Waals surface area (Å²) in [5.41, 5.74) is 5.95. The highest BCUT2D eigenvalue weighted by molar-refractivity contribution is 5.40. The maximum absolute atomic E-state index is 4.37. The first-order valence-corrected chi connectivity index (χ1v) is 9.19. The Labute approximate surface area is 151 Å². The largest absolute Gasteiger partial charge is 0.338 e. The van der Waals surface area contributed by atoms with E-state index in [9.17, 15) is 0 Å². The zero-order valence-electron chi connectivity index (χ0n) is 16.2. The van der Waals surface area contributed by atoms with E-state index in [0.717, 1.165) is 38.7 Å². The van der Waals surface area contributed by atoms with E-state index in [2.05, 4.69) is 66.5 Å². The van der Waals surface area contributed by atoms with Crippen molar-refractivity contribution < 1.29 is 0 Å². The highest BCUT2D eigenvalue weighted by Crippen LogP contribution is 2.27. The van der Waals surface area contributed by atoms with Gasteiger partial charge in [-0.1, -0.05) is 32.9 Å². The molecule has 0 saturated carbocycles. The molecule has 0 radical (unpaired) electrons. The fourth-order valence-electron chi connectivity index (χ4n) is 3.46. The van der Waals surface area contributed by atoms with Crippen LogP contribution < -0.4 is 4.90 Å². The molecule has 4 nitrogen and oxygen atoms in total. The van der Waals surface area contributed by atoms with E-state index in [1.54, 1.807) is 0 Å². The van der Waals surface area contributed by atoms with Crippen LogP contribution in [-0.2, 0) is 12.0 Å². The molecule has 1 aromatic heterocycles. The molecule has 1 aliphatic rings. The molecule has 1 aliphatic heterocycles. The predicted molar refractivity (Wildman–Crippen MR) is 104 cm³/mol. The first kappa shape index (κ1) is 17.9. The second-order valence-electron chi connectivity index (χ2n) is 8.15. The molecule has 2 aromatic rings. The van der Waals surface area contributed by atoms with Crippen molar-refractivity contribution in [3.05, 3.63) is 52.8 Å². The van der Waals surface area contributed by atoms with Gasteiger partial charge in [0.2, 0.25) is 5.95 Å². The van der Waals surface area contributed by atoms with Crippen molar-refractivity contribution >= 4 is 5.95 Å². The van der Waals surface area contributed by atoms with E-state index < -0.39 is 0 Å². The number of benzene rings is 1. The average molecular weight is 338 g/mol. The van der Waals surface area contributed by atoms with Gasteiger partial charge in [-0.25, -0.2) is 9.97 Å². The molecule has 134 valence electrons. The second-order valence-corrected chi connectivity index (χ2v) is 8.15. The van der Waals surface area contributed by atoms with Crippen molar-refractivity contribution in [2.45, 2.75) is 46.6 Å². The fraction of sp³-hybridized carbons (Fsp3) is 0.524. The molecule has 2 heterocycles. The molecule has 0 spiro atoms. The number of piperazine rings is 1. The fourth-order valence-corrected chi connectivity index (χ4v) is 3.46. The van der Waals surface area contributed by atoms with E-state index in [1.165, 1.54) is 22.3 Å². The van der Waals surface area contributed by atoms with Gasteiger partial charge < -0.3 is 4.90 Å². The van der Waals surface area contributed by atoms with Crippen LogP contribution in [0.25, 0.3) is 0 Å². The maximum Gasteiger partial charge on any atom is 0.225 e. The first-order valence-electron chi connectivity index (χ1n) is 9.19. The third kappa shape index (κ3) is 4.18. The molecule has 1 saturated heterocycles. The molecule has 4 heteroatoms. The lowest BCUT2D eigenvalue weighted by molar-refractivity contribution is 0.248. The summed E-state index contributed by atoms with van der Waals surface area (Å²) >= 11 is 0. The lowest BCUT2D eigenvalue weighted by Gasteiger charge is -2.35. The number of rotatable bonds is 3. The van der Waals surface area contributed by atoms with Gasteiger partial charge >= 0.3 is 0 Å². The molecular weight excluding hydrogens is 308 g/mol. The van der Waals surface area contributed by atoms with Crippen molar-refractivity contribution in [3.8, 4) is 0 Å². The molecule has 0 unspecified atom stereocenters. The Hall–Kier alpha value is -1.94. The predicted octanol–water partition coefficient (Wildman–Crippen LogP) is 3.71. The Morgan fingerprint density at radius 1 is 0.920 bits per heavy atom. The highest BCUT2D eigenvalue weighted by Gasteiger charge is 2.21. The van der Waals surface area contributed by atoms with E-state index in [-0.39, 0.29) is 5.41 Å². The second kappa shape index (κ2) is 7.12. The summed E-state index contributed by atoms with van der Waals surface area (Å²) < 4.78 is 0. The Kier molecular flexibility index (Phi) is 5.09. The van der Waals surface area contributed by atoms with Gasteiger partial charge in [0.15, 0.2) is 0 Å². The Morgan fingerprint density at radius 3 is 2.00 bits per heavy atom. The zero-order chi connectivity index (χ0) is 18.0. The minimum atomic E-state index is 0.204. The van der Waals surface area contributed by atoms with Gasteiger partial charge in [-0.15, -0.1) is 0 Å². The van der Waals surface area contributed by atoms with Crippen LogP contribution in [-0.4, -0.2) is 41.0 Å². The van der Waals surface area contributed by atoms with E-state index >= 15 is 0 Å². The Balaban J connectivity index is 1.66. The van der Waals surface area contributed by atoms with Crippen LogP contribution >= 0.6 is 0 Å². The van der Waals surface area contributed by atoms with Crippen LogP contribution in [0.15, 0.2) is 30.6 Å². The van der Waals surface area contributed by atoms with Crippen LogP contribution in [0.1, 0.15) is 43.0 Å². The third-order valence-corrected chi connectivity index (χ3v) is 5.15. The van der Waals surface area contributed by atoms with Crippen molar-refractivity contribution in [3.63, 3.8) is 0 Å². The van der Waals surface area contributed by atoms with Crippen molar-refractivity contribution in [1.29, 1.82) is 0 Å². The molecule has 0 amide bonds. The summed E-state index contributed by atoms with van der Waals surface area (Å²) in [6.45, 7) is 16.5. The van der Waals surface area contributed by atoms with E-state index in [1.807, 2.05) is 18.5 Å². The minimum Gasteiger partial charge on any atom is -0.338 e. The number of nitrogens with zero attached hydrogens (tertiary/aromatic N) is 4. The highest BCUT2D eigenvalue weighted by atomic mass is 15.3. The topological polar surface area (TPSA) is 32.3 Å². The number of aryl methyl sites for hydroxylation is 2. The minimum absolute atomic E-state index is 0.204. The standard InChI is InChI=1S/C21H30N4/c1-16-13-18(21(3,4)5)14-17(2)19(16)15-24-9-11-25(12-10-24)20-22-7-6-8-23-20/h6-8,13-14H,9-12,15H2,1-5H3. The van der Waals surface area contributed by atoms with Gasteiger partial charge in [0, 0.05) is 45.1 Å². The molecule has 1 aromatic carbocycles. The number of hydrogen-bond donors (Lipinski definition) is 0. The van der Waals surface area contributed by atoms with Crippen molar-refractivity contribution in [1.82, 2.24) is 14.9 Å². The van der Waals surface area contributed by atoms with Crippen molar-refractivity contribution in [2.75, 3.05) is 31.1 Å². The van der Waals surface area contributed by atoms with Gasteiger partial charge in [-0.05, 0) is 47.6 Å². The normalized spacial score (nSPS) is 16.3. The first-order chi connectivity index (χ1) is 11.8. The molecule has 0 N–H and O–H groups in total. The summed E-state index contributed by atoms with van der Waals surface area (Å²) in [4.78, 5) is 13.6. The van der Waals surface area contributed by atoms with Gasteiger partial charge in [-0.2, -0.15) is 0 Å². The van der Waals surface area contributed by atoms with Crippen molar-refractivity contribution in [2.24, 2.45) is 0 Å². The molecule has 0 aliphatic carbocycles. The van der Waals surface area contributed by atoms with Gasteiger partial charge in [0.1, 0.15) is 0 Å². The SMILES string of the molecule is Cc1cc(C(C)(C)C)cc(C)c1CN1CCN(c2ncccn2)CC1. The van der Waals surface area contributed by atoms with E-state index in [0.29, 0.717) is 0 Å². The Bertz CT molecular complexity index is 687. The van der Waals surface area contributed by atoms with Crippen LogP contribution in [0.3, 0.4) is 0 Å². The number of aromatic nitrogens is 2. The maximum atomic E-state index is 4.37. The smallest absolute Gasteiger partial charge is 0.225 e. The Morgan fingerprint density at radius 2 is 1.48 bits per heavy atom. The summed E-state index contributed by atoms with van der Waals surface area (Å²) in [7, 11) is 0. The molecule has 25 heavy (non-hydrogen) atoms. The van der Waals surface area contributed by atoms with E-state index in [4.69, 9.17) is 0 Å². The molecule has 3 rings (SSSR count). The molecule has 1 fully saturated rings. The van der Waals surface area contributed by atoms with Gasteiger partial charge in [0.25, 0.3) is 0 Å². The number of anilines is 1. The molecule has 0 bridgehead atoms. The average Bonchev–Trinajstić information content (AvgIpc) is 2.58. The third-order valence-electron chi connectivity index (χ3n) is 5.15. The van der Waals surface area contributed by atoms with Crippen LogP contribution in [0.4, 0.5) is 5.95 Å². The quantitative estimate of drug-likeness (QED) is 0.854. The van der Waals surface area contributed by atoms with Gasteiger partial charge in [-0.3, -0.25) is 4.90 Å². The summed E-state index contributed by atoms with van der Waals surface area (Å²) in [5.74, 6) is 0.851. The lowest BCUT2D eigenvalue weighted by Crippen LogP contribution is -2.46. The van der Waals surface area contributed by atoms with Crippen LogP contribution in [0, 0.1) is 13.8 Å². The van der Waals surface area contributed by atoms with Crippen LogP contribution in [0.5, 0.6) is 0 Å². The lowest BCUT2D eigenvalue weighted by atomic mass is 9.83. The summed E-state index contributed by atoms with van der Waals surface area (Å²) in [6.07, 6.45) is 3.64. The van der Waals surface area contributed by atoms with Gasteiger partial charge in [0.05, 0.1) is 0 Å². The monoisotopic (exact) mass is 338 g/mol. The molecular formula is C21H30N4. The molecule has 0 atom stereocenters. The zero-order valence-corrected chi connectivity index (χ0v) is 16.2. The van der Waals surface area contributed by atoms with Crippen LogP contribution in [0.2, 0.25) is 0 Å². The summed E-state index contributed by atoms with van der Waals surface area (Å²) in [6, 6.07) is 6.61. The number of hydrogen-bond acceptors (Lipinski definition) is 4.